The van der Waals surface area contributed by atoms with Crippen molar-refractivity contribution in [2.75, 3.05) is 0 Å². The van der Waals surface area contributed by atoms with Crippen LogP contribution in [0.25, 0.3) is 0 Å². The molecule has 15 rings (SSSR count). The van der Waals surface area contributed by atoms with Gasteiger partial charge < -0.3 is 17.3 Å². The molecule has 2 heterocycles. The van der Waals surface area contributed by atoms with E-state index in [-0.39, 0.29) is 36.2 Å². The number of thiazole rings is 1. The Hall–Kier alpha value is 1.17. The number of benzene rings is 2. The molecular weight excluding hydrogens is 1720 g/mol. The maximum absolute atomic E-state index is 5.67. The molecular formula is C96H158Cl5N2P3Ru2S2+2. The summed E-state index contributed by atoms with van der Waals surface area (Å²) in [6, 6.07) is 21.0. The van der Waals surface area contributed by atoms with E-state index in [1.807, 2.05) is 93.0 Å². The molecule has 14 heteroatoms. The molecule has 9 saturated carbocycles. The van der Waals surface area contributed by atoms with Crippen LogP contribution in [0.5, 0.6) is 0 Å². The van der Waals surface area contributed by atoms with Crippen molar-refractivity contribution in [1.82, 2.24) is 4.90 Å². The Balaban J connectivity index is 0.000000163. The molecule has 0 amide bonds. The van der Waals surface area contributed by atoms with Gasteiger partial charge in [-0.05, 0) is 313 Å². The standard InChI is InChI=1S/3C18H33P.2C14H22NS.2C7H6.5ClH.2Ru/c3*1-4-10-16(11-5-1)19(17-12-6-2-7-13-17)18-14-8-3-9-15-18;2*1-9-6-10(2)14(11(3)7-9)15-8-16-13(5)12(15)4;2*1-7-5-3-2-4-6-7;;;;;;;/h3*16-18H,1-15H2;2*6,8-9,11,14H,7H2,1-5H3;2*1-6H;5*1H;;/q;;;-1;+1;;;;;;;;2*+2/p-2/t;;;2*9-,11-,14+;;;;;;;;;/m...11........./s1. The average molecular weight is 1880 g/mol. The molecule has 1 aliphatic heterocycles. The molecule has 1 aromatic heterocycles. The zero-order valence-electron chi connectivity index (χ0n) is 70.9. The first kappa shape index (κ1) is 96.6. The van der Waals surface area contributed by atoms with Crippen molar-refractivity contribution in [2.24, 2.45) is 23.7 Å². The second-order valence-electron chi connectivity index (χ2n) is 36.6. The van der Waals surface area contributed by atoms with Gasteiger partial charge in [-0.15, -0.1) is 0 Å². The van der Waals surface area contributed by atoms with Crippen LogP contribution in [0.4, 0.5) is 0 Å². The van der Waals surface area contributed by atoms with Gasteiger partial charge in [0.15, 0.2) is 11.7 Å². The molecule has 0 saturated heterocycles. The van der Waals surface area contributed by atoms with Gasteiger partial charge in [-0.1, -0.05) is 115 Å². The second-order valence-corrected chi connectivity index (χ2v) is 60.5. The predicted octanol–water partition coefficient (Wildman–Crippen LogP) is 29.3. The van der Waals surface area contributed by atoms with Crippen LogP contribution in [-0.2, 0) is 27.0 Å². The first-order chi connectivity index (χ1) is 52.9. The van der Waals surface area contributed by atoms with Crippen molar-refractivity contribution >= 4 is 94.8 Å². The van der Waals surface area contributed by atoms with Gasteiger partial charge in [0.1, 0.15) is 0 Å². The number of allylic oxidation sites excluding steroid dienone is 5. The Morgan fingerprint density at radius 3 is 0.891 bits per heavy atom. The average Bonchev–Trinajstić information content (AvgIpc) is 1.61. The summed E-state index contributed by atoms with van der Waals surface area (Å²) in [4.78, 5) is 5.36. The Labute approximate surface area is 722 Å². The summed E-state index contributed by atoms with van der Waals surface area (Å²) in [6.45, 7) is 22.9. The minimum absolute atomic E-state index is 0. The summed E-state index contributed by atoms with van der Waals surface area (Å²) in [7, 11) is 22.5. The monoisotopic (exact) mass is 1870 g/mol. The molecule has 3 aromatic rings. The van der Waals surface area contributed by atoms with E-state index < -0.39 is 27.0 Å². The third-order valence-electron chi connectivity index (χ3n) is 28.4. The molecule has 12 aliphatic rings. The topological polar surface area (TPSA) is 7.12 Å². The van der Waals surface area contributed by atoms with Crippen LogP contribution < -0.4 is 17.0 Å². The summed E-state index contributed by atoms with van der Waals surface area (Å²) in [5, 5.41) is 0. The first-order valence-electron chi connectivity index (χ1n) is 45.6. The number of nitrogens with zero attached hydrogens (tertiary/aromatic N) is 2. The van der Waals surface area contributed by atoms with Gasteiger partial charge in [0.2, 0.25) is 5.51 Å². The molecule has 0 bridgehead atoms. The number of thioether (sulfide) groups is 1. The van der Waals surface area contributed by atoms with Crippen LogP contribution in [0.15, 0.2) is 100 Å². The summed E-state index contributed by atoms with van der Waals surface area (Å²) in [5.41, 5.74) is 21.5. The Morgan fingerprint density at radius 2 is 0.664 bits per heavy atom. The third-order valence-corrected chi connectivity index (χ3v) is 47.7. The zero-order chi connectivity index (χ0) is 77.3. The SMILES string of the molecule is C1CCC([PH+](C2CCCCC2)C2CCCCC2)CC1.C1CCC([PH+](C2CCCCC2)C2CCCCC2)CC1.C1CCC([PH+](C2CCCCC2)C2CCCCC2)CC1.CC1=C[C@@H](C)C[C@@H](C)[C@H]1N1[CH-]SC(C)=C1C.CC1=C[C@@H](C)C[C@@H](C)[C@H]1[n+]1csc(C)c1C.[Cl-].[Cl][Ru]([Cl])=[CH]c1ccccc1.[Cl][Ru]([Cl])=[CH]c1ccccc1. The fraction of sp³-hybridized carbons (Fsp3) is 0.750. The fourth-order valence-electron chi connectivity index (χ4n) is 23.2. The number of hydrogen-bond acceptors (Lipinski definition) is 3. The van der Waals surface area contributed by atoms with E-state index >= 15 is 0 Å². The van der Waals surface area contributed by atoms with Gasteiger partial charge in [0, 0.05) is 42.6 Å². The Bertz CT molecular complexity index is 2830. The van der Waals surface area contributed by atoms with Crippen molar-refractivity contribution < 1.29 is 44.0 Å². The quantitative estimate of drug-likeness (QED) is 0.0554. The fourth-order valence-corrected chi connectivity index (χ4v) is 44.2. The Morgan fingerprint density at radius 1 is 0.391 bits per heavy atom. The molecule has 0 spiro atoms. The molecule has 11 aliphatic carbocycles. The number of aryl methyl sites for hydroxylation is 1. The van der Waals surface area contributed by atoms with Crippen LogP contribution in [0, 0.1) is 43.4 Å². The number of rotatable bonds is 13. The molecule has 0 N–H and O–H groups in total. The van der Waals surface area contributed by atoms with Crippen molar-refractivity contribution in [1.29, 1.82) is 0 Å². The van der Waals surface area contributed by atoms with Gasteiger partial charge >= 0.3 is 147 Å². The van der Waals surface area contributed by atoms with Gasteiger partial charge in [-0.25, -0.2) is 0 Å². The van der Waals surface area contributed by atoms with Gasteiger partial charge in [-0.3, -0.25) is 11.8 Å². The zero-order valence-corrected chi connectivity index (χ0v) is 82.8. The van der Waals surface area contributed by atoms with Crippen LogP contribution >= 0.6 is 85.6 Å². The third kappa shape index (κ3) is 32.2. The van der Waals surface area contributed by atoms with Crippen molar-refractivity contribution in [3.63, 3.8) is 0 Å². The summed E-state index contributed by atoms with van der Waals surface area (Å²) in [5.74, 6) is 5.27. The normalized spacial score (nSPS) is 26.5. The summed E-state index contributed by atoms with van der Waals surface area (Å²) >= 11 is 0.501. The maximum atomic E-state index is 5.67. The number of aromatic nitrogens is 1. The van der Waals surface area contributed by atoms with Crippen LogP contribution in [0.2, 0.25) is 0 Å². The predicted molar refractivity (Wildman–Crippen MR) is 496 cm³/mol. The van der Waals surface area contributed by atoms with Crippen LogP contribution in [-0.4, -0.2) is 71.1 Å². The second kappa shape index (κ2) is 53.8. The number of halogens is 5. The van der Waals surface area contributed by atoms with Crippen LogP contribution in [0.3, 0.4) is 0 Å². The van der Waals surface area contributed by atoms with E-state index in [2.05, 4.69) is 102 Å². The molecule has 2 aromatic carbocycles. The van der Waals surface area contributed by atoms with Crippen LogP contribution in [0.1, 0.15) is 385 Å². The molecule has 628 valence electrons. The van der Waals surface area contributed by atoms with Gasteiger partial charge in [0.25, 0.3) is 0 Å². The minimum atomic E-state index is -1.61. The molecule has 2 nitrogen and oxygen atoms in total. The molecule has 110 heavy (non-hydrogen) atoms. The molecule has 9 fully saturated rings. The Kier molecular flexibility index (Phi) is 47.3. The van der Waals surface area contributed by atoms with E-state index in [9.17, 15) is 0 Å². The van der Waals surface area contributed by atoms with E-state index in [1.54, 1.807) is 289 Å². The molecule has 6 atom stereocenters. The van der Waals surface area contributed by atoms with E-state index in [0.717, 1.165) is 34.8 Å². The van der Waals surface area contributed by atoms with Crippen molar-refractivity contribution in [2.45, 2.75) is 434 Å². The summed E-state index contributed by atoms with van der Waals surface area (Å²) < 4.78 is 6.32. The molecule has 0 unspecified atom stereocenters. The van der Waals surface area contributed by atoms with Crippen molar-refractivity contribution in [3.05, 3.63) is 128 Å². The summed E-state index contributed by atoms with van der Waals surface area (Å²) in [6.07, 6.45) is 78.9. The van der Waals surface area contributed by atoms with Gasteiger partial charge in [0.05, 0.1) is 55.8 Å². The molecule has 0 radical (unpaired) electrons. The van der Waals surface area contributed by atoms with Gasteiger partial charge in [-0.2, -0.15) is 10.4 Å². The van der Waals surface area contributed by atoms with E-state index in [1.165, 1.54) is 96.1 Å². The first-order valence-corrected chi connectivity index (χ1v) is 63.5. The van der Waals surface area contributed by atoms with Crippen molar-refractivity contribution in [3.8, 4) is 0 Å². The number of hydrogen-bond donors (Lipinski definition) is 0. The van der Waals surface area contributed by atoms with E-state index in [0.29, 0.717) is 12.1 Å². The van der Waals surface area contributed by atoms with E-state index in [4.69, 9.17) is 38.8 Å².